The second-order valence-corrected chi connectivity index (χ2v) is 10.1. The molecular formula is C32H27N7O7. The Bertz CT molecular complexity index is 2020. The molecule has 6 rings (SSSR count). The summed E-state index contributed by atoms with van der Waals surface area (Å²) in [6.45, 7) is 2.46. The SMILES string of the molecule is CCOc1nc2cccc(C(=O)O)c2n1Cc1ccc(-c2ccccc2-c2nnn(C(=O)c3ccc(CON(O)O)cc3)n2)cc1. The number of hydrogen-bond donors (Lipinski definition) is 3. The van der Waals surface area contributed by atoms with Crippen molar-refractivity contribution < 1.29 is 34.7 Å². The van der Waals surface area contributed by atoms with Gasteiger partial charge in [-0.2, -0.15) is 4.98 Å². The van der Waals surface area contributed by atoms with Crippen molar-refractivity contribution in [1.29, 1.82) is 0 Å². The molecule has 14 nitrogen and oxygen atoms in total. The van der Waals surface area contributed by atoms with Crippen molar-refractivity contribution in [3.8, 4) is 28.5 Å². The number of benzene rings is 4. The van der Waals surface area contributed by atoms with E-state index in [0.29, 0.717) is 46.9 Å². The van der Waals surface area contributed by atoms with E-state index in [1.54, 1.807) is 47.0 Å². The van der Waals surface area contributed by atoms with Gasteiger partial charge in [-0.1, -0.05) is 71.5 Å². The van der Waals surface area contributed by atoms with E-state index in [2.05, 4.69) is 25.2 Å². The number of aromatic nitrogens is 6. The van der Waals surface area contributed by atoms with E-state index in [1.807, 2.05) is 55.5 Å². The third-order valence-corrected chi connectivity index (χ3v) is 7.15. The van der Waals surface area contributed by atoms with Gasteiger partial charge in [-0.3, -0.25) is 19.8 Å². The smallest absolute Gasteiger partial charge is 0.337 e. The monoisotopic (exact) mass is 621 g/mol. The Kier molecular flexibility index (Phi) is 8.58. The molecule has 46 heavy (non-hydrogen) atoms. The largest absolute Gasteiger partial charge is 0.478 e. The summed E-state index contributed by atoms with van der Waals surface area (Å²) in [5.41, 5.74) is 5.34. The molecule has 2 heterocycles. The number of para-hydroxylation sites is 1. The van der Waals surface area contributed by atoms with Crippen molar-refractivity contribution in [3.05, 3.63) is 113 Å². The Morgan fingerprint density at radius 3 is 2.28 bits per heavy atom. The number of fused-ring (bicyclic) bond motifs is 1. The minimum atomic E-state index is -1.05. The van der Waals surface area contributed by atoms with Crippen molar-refractivity contribution in [3.63, 3.8) is 0 Å². The molecule has 0 aliphatic rings. The van der Waals surface area contributed by atoms with Gasteiger partial charge in [0.25, 0.3) is 11.9 Å². The highest BCUT2D eigenvalue weighted by Gasteiger charge is 2.20. The standard InChI is InChI=1S/C32H27N7O7/c1-2-45-32-33-27-9-5-8-26(31(41)42)28(27)37(32)18-20-10-14-22(15-11-20)24-6-3-4-7-25(24)29-34-36-38(35-29)30(40)23-16-12-21(13-17-23)19-46-39(43)44/h3-17,43-44H,2,18-19H2,1H3,(H,41,42). The quantitative estimate of drug-likeness (QED) is 0.170. The Labute approximate surface area is 261 Å². The van der Waals surface area contributed by atoms with Crippen LogP contribution in [0.3, 0.4) is 0 Å². The predicted molar refractivity (Wildman–Crippen MR) is 162 cm³/mol. The van der Waals surface area contributed by atoms with Crippen LogP contribution < -0.4 is 4.74 Å². The number of hydrogen-bond acceptors (Lipinski definition) is 11. The zero-order valence-electron chi connectivity index (χ0n) is 24.4. The van der Waals surface area contributed by atoms with Crippen LogP contribution in [0.5, 0.6) is 6.01 Å². The van der Waals surface area contributed by atoms with Gasteiger partial charge < -0.3 is 9.84 Å². The van der Waals surface area contributed by atoms with Crippen molar-refractivity contribution >= 4 is 22.9 Å². The minimum absolute atomic E-state index is 0.106. The van der Waals surface area contributed by atoms with E-state index in [4.69, 9.17) is 15.2 Å². The summed E-state index contributed by atoms with van der Waals surface area (Å²) >= 11 is 0. The lowest BCUT2D eigenvalue weighted by molar-refractivity contribution is -0.497. The Morgan fingerprint density at radius 1 is 0.870 bits per heavy atom. The first-order chi connectivity index (χ1) is 22.3. The zero-order chi connectivity index (χ0) is 32.2. The van der Waals surface area contributed by atoms with E-state index >= 15 is 0 Å². The number of imidazole rings is 1. The first kappa shape index (κ1) is 30.2. The van der Waals surface area contributed by atoms with Gasteiger partial charge in [0, 0.05) is 11.1 Å². The lowest BCUT2D eigenvalue weighted by Crippen LogP contribution is -2.16. The summed E-state index contributed by atoms with van der Waals surface area (Å²) in [4.78, 5) is 35.0. The second-order valence-electron chi connectivity index (χ2n) is 10.1. The number of carbonyl (C=O) groups is 2. The highest BCUT2D eigenvalue weighted by Crippen LogP contribution is 2.31. The topological polar surface area (TPSA) is 178 Å². The molecule has 0 spiro atoms. The lowest BCUT2D eigenvalue weighted by atomic mass is 9.98. The molecule has 232 valence electrons. The molecule has 0 saturated heterocycles. The molecular weight excluding hydrogens is 594 g/mol. The summed E-state index contributed by atoms with van der Waals surface area (Å²) < 4.78 is 7.51. The lowest BCUT2D eigenvalue weighted by Gasteiger charge is -2.12. The number of tetrazole rings is 1. The Balaban J connectivity index is 1.24. The van der Waals surface area contributed by atoms with Crippen LogP contribution in [0, 0.1) is 0 Å². The van der Waals surface area contributed by atoms with Crippen LogP contribution in [0.15, 0.2) is 91.0 Å². The predicted octanol–water partition coefficient (Wildman–Crippen LogP) is 4.70. The number of carboxylic acid groups (broad SMARTS) is 1. The number of carboxylic acids is 1. The number of rotatable bonds is 11. The molecule has 0 saturated carbocycles. The van der Waals surface area contributed by atoms with Crippen molar-refractivity contribution in [2.45, 2.75) is 20.1 Å². The number of ether oxygens (including phenoxy) is 1. The molecule has 0 bridgehead atoms. The molecule has 0 aliphatic heterocycles. The Hall–Kier alpha value is -5.80. The summed E-state index contributed by atoms with van der Waals surface area (Å²) in [6.07, 6.45) is 0. The van der Waals surface area contributed by atoms with Crippen molar-refractivity contribution in [1.82, 2.24) is 35.1 Å². The second kappa shape index (κ2) is 13.1. The molecule has 0 atom stereocenters. The molecule has 14 heteroatoms. The number of aromatic carboxylic acids is 1. The third kappa shape index (κ3) is 6.22. The van der Waals surface area contributed by atoms with Crippen LogP contribution in [-0.2, 0) is 18.0 Å². The number of nitrogens with zero attached hydrogens (tertiary/aromatic N) is 7. The fourth-order valence-corrected chi connectivity index (χ4v) is 5.02. The fraction of sp³-hybridized carbons (Fsp3) is 0.125. The van der Waals surface area contributed by atoms with Gasteiger partial charge in [0.2, 0.25) is 5.82 Å². The molecule has 0 radical (unpaired) electrons. The zero-order valence-corrected chi connectivity index (χ0v) is 24.4. The molecule has 3 N–H and O–H groups in total. The van der Waals surface area contributed by atoms with Crippen LogP contribution in [0.1, 0.15) is 38.8 Å². The van der Waals surface area contributed by atoms with Gasteiger partial charge >= 0.3 is 5.97 Å². The molecule has 0 fully saturated rings. The average Bonchev–Trinajstić information content (AvgIpc) is 3.70. The highest BCUT2D eigenvalue weighted by molar-refractivity contribution is 6.01. The maximum atomic E-state index is 13.0. The van der Waals surface area contributed by atoms with Crippen LogP contribution >= 0.6 is 0 Å². The van der Waals surface area contributed by atoms with Crippen molar-refractivity contribution in [2.75, 3.05) is 6.61 Å². The van der Waals surface area contributed by atoms with Crippen LogP contribution in [-0.4, -0.2) is 69.2 Å². The highest BCUT2D eigenvalue weighted by atomic mass is 17.1. The maximum Gasteiger partial charge on any atom is 0.337 e. The molecule has 0 amide bonds. The van der Waals surface area contributed by atoms with Gasteiger partial charge in [0.05, 0.1) is 41.7 Å². The summed E-state index contributed by atoms with van der Waals surface area (Å²) in [6, 6.07) is 26.9. The van der Waals surface area contributed by atoms with Gasteiger partial charge in [0.1, 0.15) is 0 Å². The first-order valence-corrected chi connectivity index (χ1v) is 14.1. The van der Waals surface area contributed by atoms with Crippen LogP contribution in [0.2, 0.25) is 0 Å². The molecule has 2 aromatic heterocycles. The van der Waals surface area contributed by atoms with Gasteiger partial charge in [0.15, 0.2) is 0 Å². The minimum Gasteiger partial charge on any atom is -0.478 e. The maximum absolute atomic E-state index is 13.0. The van der Waals surface area contributed by atoms with Gasteiger partial charge in [-0.15, -0.1) is 10.2 Å². The van der Waals surface area contributed by atoms with Crippen LogP contribution in [0.4, 0.5) is 0 Å². The summed E-state index contributed by atoms with van der Waals surface area (Å²) in [7, 11) is 0. The first-order valence-electron chi connectivity index (χ1n) is 14.1. The normalized spacial score (nSPS) is 11.3. The molecule has 4 aromatic carbocycles. The Morgan fingerprint density at radius 2 is 1.59 bits per heavy atom. The van der Waals surface area contributed by atoms with E-state index < -0.39 is 11.9 Å². The number of carbonyl (C=O) groups excluding carboxylic acids is 1. The summed E-state index contributed by atoms with van der Waals surface area (Å²) in [5, 5.41) is 39.3. The van der Waals surface area contributed by atoms with Crippen molar-refractivity contribution in [2.24, 2.45) is 0 Å². The van der Waals surface area contributed by atoms with E-state index in [1.165, 1.54) is 0 Å². The fourth-order valence-electron chi connectivity index (χ4n) is 5.02. The third-order valence-electron chi connectivity index (χ3n) is 7.15. The molecule has 0 aliphatic carbocycles. The van der Waals surface area contributed by atoms with E-state index in [-0.39, 0.29) is 23.4 Å². The van der Waals surface area contributed by atoms with Crippen LogP contribution in [0.25, 0.3) is 33.5 Å². The average molecular weight is 622 g/mol. The van der Waals surface area contributed by atoms with E-state index in [9.17, 15) is 14.7 Å². The van der Waals surface area contributed by atoms with Gasteiger partial charge in [-0.25, -0.2) is 9.63 Å². The molecule has 6 aromatic rings. The van der Waals surface area contributed by atoms with E-state index in [0.717, 1.165) is 21.5 Å². The van der Waals surface area contributed by atoms with Gasteiger partial charge in [-0.05, 0) is 58.7 Å². The summed E-state index contributed by atoms with van der Waals surface area (Å²) in [5.74, 6) is -1.28. The molecule has 0 unspecified atom stereocenters.